The minimum absolute atomic E-state index is 0.253. The van der Waals surface area contributed by atoms with Gasteiger partial charge in [0.1, 0.15) is 0 Å². The predicted octanol–water partition coefficient (Wildman–Crippen LogP) is 13.7. The second-order valence-corrected chi connectivity index (χ2v) is 14.6. The highest BCUT2D eigenvalue weighted by molar-refractivity contribution is 5.96. The molecule has 0 aromatic heterocycles. The van der Waals surface area contributed by atoms with E-state index in [9.17, 15) is 0 Å². The number of fused-ring (bicyclic) bond motifs is 3. The lowest BCUT2D eigenvalue weighted by atomic mass is 9.46. The van der Waals surface area contributed by atoms with Gasteiger partial charge in [0.05, 0.1) is 0 Å². The fourth-order valence-electron chi connectivity index (χ4n) is 9.05. The van der Waals surface area contributed by atoms with Crippen molar-refractivity contribution in [3.05, 3.63) is 47.0 Å². The largest absolute Gasteiger partial charge is 0.0695 e. The van der Waals surface area contributed by atoms with E-state index in [0.717, 1.165) is 11.8 Å². The van der Waals surface area contributed by atoms with Crippen LogP contribution in [0, 0.1) is 34.5 Å². The standard InChI is InChI=1S/C41H68/c1-9-13-17-23-32(5)40(33(6)24-18-14-10-2)30-38-37-28-22-21-27-36(37)29-39(38)41(31-40,34(7)25-19-15-11-3)35(8)26-20-16-12-4/h21-22,27-30,32-35H,9-20,23-26,31H2,1-8H3. The second-order valence-electron chi connectivity index (χ2n) is 14.6. The summed E-state index contributed by atoms with van der Waals surface area (Å²) in [7, 11) is 0. The predicted molar refractivity (Wildman–Crippen MR) is 185 cm³/mol. The van der Waals surface area contributed by atoms with Crippen LogP contribution in [0.1, 0.15) is 176 Å². The van der Waals surface area contributed by atoms with Crippen LogP contribution in [0.25, 0.3) is 11.6 Å². The van der Waals surface area contributed by atoms with E-state index >= 15 is 0 Å². The van der Waals surface area contributed by atoms with Gasteiger partial charge in [-0.3, -0.25) is 0 Å². The Bertz CT molecular complexity index is 928. The van der Waals surface area contributed by atoms with Crippen molar-refractivity contribution in [3.8, 4) is 0 Å². The third kappa shape index (κ3) is 7.62. The highest BCUT2D eigenvalue weighted by Gasteiger charge is 2.56. The number of unbranched alkanes of at least 4 members (excludes halogenated alkanes) is 8. The molecule has 0 bridgehead atoms. The van der Waals surface area contributed by atoms with Crippen LogP contribution in [0.3, 0.4) is 0 Å². The lowest BCUT2D eigenvalue weighted by molar-refractivity contribution is 0.00397. The molecule has 1 aromatic rings. The van der Waals surface area contributed by atoms with Gasteiger partial charge in [-0.25, -0.2) is 0 Å². The maximum Gasteiger partial charge on any atom is 0.00189 e. The molecule has 0 radical (unpaired) electrons. The minimum Gasteiger partial charge on any atom is -0.0695 e. The highest BCUT2D eigenvalue weighted by Crippen LogP contribution is 2.66. The van der Waals surface area contributed by atoms with E-state index in [1.54, 1.807) is 11.1 Å². The maximum absolute atomic E-state index is 2.90. The summed E-state index contributed by atoms with van der Waals surface area (Å²) in [6.45, 7) is 20.1. The molecule has 0 spiro atoms. The van der Waals surface area contributed by atoms with Crippen molar-refractivity contribution in [3.63, 3.8) is 0 Å². The van der Waals surface area contributed by atoms with Gasteiger partial charge in [0.25, 0.3) is 0 Å². The van der Waals surface area contributed by atoms with E-state index in [1.165, 1.54) is 120 Å². The third-order valence-electron chi connectivity index (χ3n) is 11.9. The Morgan fingerprint density at radius 3 is 1.49 bits per heavy atom. The van der Waals surface area contributed by atoms with Crippen LogP contribution in [0.5, 0.6) is 0 Å². The first-order valence-electron chi connectivity index (χ1n) is 18.4. The summed E-state index contributed by atoms with van der Waals surface area (Å²) in [5, 5.41) is 0. The van der Waals surface area contributed by atoms with Gasteiger partial charge < -0.3 is 0 Å². The average Bonchev–Trinajstić information content (AvgIpc) is 3.35. The molecular weight excluding hydrogens is 492 g/mol. The van der Waals surface area contributed by atoms with Gasteiger partial charge in [-0.05, 0) is 89.5 Å². The Hall–Kier alpha value is -1.30. The van der Waals surface area contributed by atoms with Gasteiger partial charge in [-0.2, -0.15) is 0 Å². The first kappa shape index (κ1) is 34.2. The Morgan fingerprint density at radius 1 is 0.585 bits per heavy atom. The normalized spacial score (nSPS) is 24.7. The monoisotopic (exact) mass is 561 g/mol. The van der Waals surface area contributed by atoms with E-state index in [1.807, 2.05) is 0 Å². The molecule has 0 amide bonds. The summed E-state index contributed by atoms with van der Waals surface area (Å²) in [6, 6.07) is 9.39. The summed E-state index contributed by atoms with van der Waals surface area (Å²) in [4.78, 5) is 0. The number of hydrogen-bond donors (Lipinski definition) is 0. The molecule has 2 aliphatic carbocycles. The number of hydrogen-bond acceptors (Lipinski definition) is 0. The molecular formula is C41H68. The van der Waals surface area contributed by atoms with Crippen molar-refractivity contribution in [2.45, 2.75) is 165 Å². The number of rotatable bonds is 20. The van der Waals surface area contributed by atoms with Gasteiger partial charge in [-0.15, -0.1) is 0 Å². The van der Waals surface area contributed by atoms with Crippen molar-refractivity contribution in [2.75, 3.05) is 0 Å². The van der Waals surface area contributed by atoms with Crippen molar-refractivity contribution in [1.82, 2.24) is 0 Å². The van der Waals surface area contributed by atoms with Gasteiger partial charge in [0.15, 0.2) is 0 Å². The SMILES string of the molecule is CCCCCC(C)C1(C(C)CCCCC)C=C2C(=Cc3ccccc32)C(C(C)CCCCC)(C(C)CCCCC)C1. The Morgan fingerprint density at radius 2 is 1.02 bits per heavy atom. The molecule has 1 aromatic carbocycles. The molecule has 0 fully saturated rings. The summed E-state index contributed by atoms with van der Waals surface area (Å²) in [6.07, 6.45) is 28.7. The molecule has 232 valence electrons. The van der Waals surface area contributed by atoms with Crippen LogP contribution in [0.4, 0.5) is 0 Å². The van der Waals surface area contributed by atoms with Crippen LogP contribution in [0.15, 0.2) is 35.9 Å². The molecule has 0 heteroatoms. The topological polar surface area (TPSA) is 0 Å². The van der Waals surface area contributed by atoms with Gasteiger partial charge in [-0.1, -0.05) is 163 Å². The lowest BCUT2D eigenvalue weighted by Crippen LogP contribution is -2.49. The zero-order valence-corrected chi connectivity index (χ0v) is 28.8. The first-order chi connectivity index (χ1) is 19.8. The number of benzene rings is 1. The van der Waals surface area contributed by atoms with Crippen LogP contribution in [-0.2, 0) is 0 Å². The van der Waals surface area contributed by atoms with E-state index in [-0.39, 0.29) is 10.8 Å². The van der Waals surface area contributed by atoms with Crippen LogP contribution in [0.2, 0.25) is 0 Å². The summed E-state index contributed by atoms with van der Waals surface area (Å²) >= 11 is 0. The molecule has 3 rings (SSSR count). The van der Waals surface area contributed by atoms with E-state index < -0.39 is 0 Å². The smallest absolute Gasteiger partial charge is 0.00189 e. The van der Waals surface area contributed by atoms with Crippen LogP contribution in [-0.4, -0.2) is 0 Å². The Balaban J connectivity index is 2.23. The van der Waals surface area contributed by atoms with Crippen LogP contribution < -0.4 is 0 Å². The first-order valence-corrected chi connectivity index (χ1v) is 18.4. The minimum atomic E-state index is 0.253. The number of allylic oxidation sites excluding steroid dienone is 3. The molecule has 0 nitrogen and oxygen atoms in total. The van der Waals surface area contributed by atoms with Gasteiger partial charge in [0.2, 0.25) is 0 Å². The quantitative estimate of drug-likeness (QED) is 0.139. The van der Waals surface area contributed by atoms with Crippen LogP contribution >= 0.6 is 0 Å². The molecule has 2 aliphatic rings. The highest BCUT2D eigenvalue weighted by atomic mass is 14.6. The van der Waals surface area contributed by atoms with Gasteiger partial charge >= 0.3 is 0 Å². The van der Waals surface area contributed by atoms with Crippen molar-refractivity contribution in [2.24, 2.45) is 34.5 Å². The second kappa shape index (κ2) is 16.5. The Kier molecular flexibility index (Phi) is 13.8. The molecule has 41 heavy (non-hydrogen) atoms. The molecule has 0 saturated heterocycles. The molecule has 0 saturated carbocycles. The maximum atomic E-state index is 2.90. The summed E-state index contributed by atoms with van der Waals surface area (Å²) < 4.78 is 0. The molecule has 0 heterocycles. The molecule has 4 unspecified atom stereocenters. The molecule has 0 aliphatic heterocycles. The molecule has 0 N–H and O–H groups in total. The van der Waals surface area contributed by atoms with Crippen molar-refractivity contribution < 1.29 is 0 Å². The van der Waals surface area contributed by atoms with Gasteiger partial charge in [0, 0.05) is 5.41 Å². The van der Waals surface area contributed by atoms with Crippen molar-refractivity contribution in [1.29, 1.82) is 0 Å². The van der Waals surface area contributed by atoms with E-state index in [4.69, 9.17) is 0 Å². The summed E-state index contributed by atoms with van der Waals surface area (Å²) in [5.74, 6) is 2.86. The zero-order valence-electron chi connectivity index (χ0n) is 28.8. The van der Waals surface area contributed by atoms with E-state index in [2.05, 4.69) is 91.8 Å². The van der Waals surface area contributed by atoms with E-state index in [0.29, 0.717) is 11.8 Å². The summed E-state index contributed by atoms with van der Waals surface area (Å²) in [5.41, 5.74) is 6.89. The average molecular weight is 561 g/mol. The Labute approximate surface area is 257 Å². The molecule has 4 atom stereocenters. The fourth-order valence-corrected chi connectivity index (χ4v) is 9.05. The zero-order chi connectivity index (χ0) is 29.9. The third-order valence-corrected chi connectivity index (χ3v) is 11.9. The van der Waals surface area contributed by atoms with Crippen molar-refractivity contribution >= 4 is 11.6 Å². The lowest BCUT2D eigenvalue weighted by Gasteiger charge is -2.58. The fraction of sp³-hybridized carbons (Fsp3) is 0.756.